The Hall–Kier alpha value is -0.660. The van der Waals surface area contributed by atoms with Crippen molar-refractivity contribution in [1.29, 1.82) is 0 Å². The molecule has 7 heteroatoms. The largest absolute Gasteiger partial charge is 0.466 e. The summed E-state index contributed by atoms with van der Waals surface area (Å²) in [6.45, 7) is 4.15. The minimum atomic E-state index is -3.45. The van der Waals surface area contributed by atoms with E-state index in [0.717, 1.165) is 4.31 Å². The van der Waals surface area contributed by atoms with E-state index in [4.69, 9.17) is 0 Å². The molecule has 0 aliphatic carbocycles. The van der Waals surface area contributed by atoms with Crippen LogP contribution < -0.4 is 4.72 Å². The molecule has 0 radical (unpaired) electrons. The first-order valence-electron chi connectivity index (χ1n) is 4.80. The van der Waals surface area contributed by atoms with Crippen LogP contribution in [0.25, 0.3) is 0 Å². The zero-order valence-corrected chi connectivity index (χ0v) is 10.1. The summed E-state index contributed by atoms with van der Waals surface area (Å²) in [5.74, 6) is -0.393. The molecule has 1 N–H and O–H groups in total. The first-order valence-corrected chi connectivity index (χ1v) is 6.24. The second-order valence-corrected chi connectivity index (χ2v) is 4.74. The zero-order valence-electron chi connectivity index (χ0n) is 9.32. The van der Waals surface area contributed by atoms with Crippen molar-refractivity contribution in [2.45, 2.75) is 20.3 Å². The highest BCUT2D eigenvalue weighted by molar-refractivity contribution is 7.87. The van der Waals surface area contributed by atoms with Crippen molar-refractivity contribution >= 4 is 16.2 Å². The van der Waals surface area contributed by atoms with Crippen LogP contribution in [0.1, 0.15) is 20.3 Å². The second kappa shape index (κ2) is 6.76. The fraction of sp³-hybridized carbons (Fsp3) is 0.875. The molecule has 90 valence electrons. The van der Waals surface area contributed by atoms with Crippen LogP contribution in [0.5, 0.6) is 0 Å². The van der Waals surface area contributed by atoms with Gasteiger partial charge in [-0.25, -0.2) is 4.72 Å². The molecule has 0 saturated carbocycles. The van der Waals surface area contributed by atoms with Gasteiger partial charge in [-0.15, -0.1) is 0 Å². The predicted octanol–water partition coefficient (Wildman–Crippen LogP) is -0.274. The maximum Gasteiger partial charge on any atom is 0.307 e. The first kappa shape index (κ1) is 14.3. The molecule has 0 aliphatic heterocycles. The standard InChI is InChI=1S/C8H18N2O4S/c1-4-9-15(12,13)10(3)7-6-8(11)14-5-2/h9H,4-7H2,1-3H3. The number of carbonyl (C=O) groups excluding carboxylic acids is 1. The highest BCUT2D eigenvalue weighted by Gasteiger charge is 2.16. The fourth-order valence-electron chi connectivity index (χ4n) is 0.895. The molecule has 0 spiro atoms. The van der Waals surface area contributed by atoms with Crippen molar-refractivity contribution in [3.05, 3.63) is 0 Å². The van der Waals surface area contributed by atoms with Crippen molar-refractivity contribution in [1.82, 2.24) is 9.03 Å². The van der Waals surface area contributed by atoms with Gasteiger partial charge in [0.25, 0.3) is 10.2 Å². The number of esters is 1. The molecule has 0 saturated heterocycles. The summed E-state index contributed by atoms with van der Waals surface area (Å²) >= 11 is 0. The molecule has 0 heterocycles. The SMILES string of the molecule is CCNS(=O)(=O)N(C)CCC(=O)OCC. The average molecular weight is 238 g/mol. The molecule has 0 unspecified atom stereocenters. The van der Waals surface area contributed by atoms with E-state index in [1.165, 1.54) is 7.05 Å². The third-order valence-corrected chi connectivity index (χ3v) is 3.33. The summed E-state index contributed by atoms with van der Waals surface area (Å²) in [5, 5.41) is 0. The summed E-state index contributed by atoms with van der Waals surface area (Å²) < 4.78 is 30.8. The number of hydrogen-bond donors (Lipinski definition) is 1. The van der Waals surface area contributed by atoms with Crippen molar-refractivity contribution in [3.8, 4) is 0 Å². The summed E-state index contributed by atoms with van der Waals surface area (Å²) in [7, 11) is -2.03. The number of rotatable bonds is 7. The minimum absolute atomic E-state index is 0.0644. The Balaban J connectivity index is 4.03. The Morgan fingerprint density at radius 1 is 1.40 bits per heavy atom. The molecule has 6 nitrogen and oxygen atoms in total. The van der Waals surface area contributed by atoms with Crippen LogP contribution in [0.15, 0.2) is 0 Å². The van der Waals surface area contributed by atoms with Gasteiger partial charge in [0.1, 0.15) is 0 Å². The summed E-state index contributed by atoms with van der Waals surface area (Å²) in [6.07, 6.45) is 0.0644. The van der Waals surface area contributed by atoms with E-state index in [1.54, 1.807) is 13.8 Å². The van der Waals surface area contributed by atoms with Gasteiger partial charge < -0.3 is 4.74 Å². The maximum atomic E-state index is 11.4. The van der Waals surface area contributed by atoms with Crippen molar-refractivity contribution in [2.24, 2.45) is 0 Å². The highest BCUT2D eigenvalue weighted by atomic mass is 32.2. The third kappa shape index (κ3) is 5.71. The number of nitrogens with zero attached hydrogens (tertiary/aromatic N) is 1. The Morgan fingerprint density at radius 3 is 2.47 bits per heavy atom. The van der Waals surface area contributed by atoms with E-state index >= 15 is 0 Å². The predicted molar refractivity (Wildman–Crippen MR) is 56.5 cm³/mol. The van der Waals surface area contributed by atoms with Crippen molar-refractivity contribution in [2.75, 3.05) is 26.7 Å². The number of carbonyl (C=O) groups is 1. The van der Waals surface area contributed by atoms with Gasteiger partial charge in [0.2, 0.25) is 0 Å². The van der Waals surface area contributed by atoms with E-state index in [0.29, 0.717) is 13.2 Å². The van der Waals surface area contributed by atoms with Crippen LogP contribution in [-0.2, 0) is 19.7 Å². The smallest absolute Gasteiger partial charge is 0.307 e. The van der Waals surface area contributed by atoms with Crippen molar-refractivity contribution < 1.29 is 17.9 Å². The molecule has 0 aromatic heterocycles. The van der Waals surface area contributed by atoms with E-state index in [1.807, 2.05) is 0 Å². The maximum absolute atomic E-state index is 11.4. The highest BCUT2D eigenvalue weighted by Crippen LogP contribution is 1.96. The monoisotopic (exact) mass is 238 g/mol. The Labute approximate surface area is 90.8 Å². The van der Waals surface area contributed by atoms with Crippen molar-refractivity contribution in [3.63, 3.8) is 0 Å². The fourth-order valence-corrected chi connectivity index (χ4v) is 1.81. The molecular weight excluding hydrogens is 220 g/mol. The van der Waals surface area contributed by atoms with Crippen LogP contribution in [0.4, 0.5) is 0 Å². The lowest BCUT2D eigenvalue weighted by atomic mass is 10.4. The Kier molecular flexibility index (Phi) is 6.46. The molecule has 0 aromatic rings. The molecule has 0 fully saturated rings. The third-order valence-electron chi connectivity index (χ3n) is 1.67. The lowest BCUT2D eigenvalue weighted by Gasteiger charge is -2.16. The van der Waals surface area contributed by atoms with Gasteiger partial charge in [0, 0.05) is 20.1 Å². The van der Waals surface area contributed by atoms with Crippen LogP contribution in [-0.4, -0.2) is 45.4 Å². The molecule has 0 rings (SSSR count). The quantitative estimate of drug-likeness (QED) is 0.619. The van der Waals surface area contributed by atoms with Crippen LogP contribution >= 0.6 is 0 Å². The summed E-state index contributed by atoms with van der Waals surface area (Å²) in [5.41, 5.74) is 0. The molecule has 15 heavy (non-hydrogen) atoms. The van der Waals surface area contributed by atoms with E-state index in [-0.39, 0.29) is 13.0 Å². The molecule has 0 aliphatic rings. The average Bonchev–Trinajstić information content (AvgIpc) is 2.14. The van der Waals surface area contributed by atoms with Crippen LogP contribution in [0.3, 0.4) is 0 Å². The van der Waals surface area contributed by atoms with Crippen LogP contribution in [0.2, 0.25) is 0 Å². The van der Waals surface area contributed by atoms with E-state index in [9.17, 15) is 13.2 Å². The topological polar surface area (TPSA) is 75.7 Å². The lowest BCUT2D eigenvalue weighted by Crippen LogP contribution is -2.39. The zero-order chi connectivity index (χ0) is 11.9. The van der Waals surface area contributed by atoms with Gasteiger partial charge in [0.15, 0.2) is 0 Å². The second-order valence-electron chi connectivity index (χ2n) is 2.88. The molecule has 0 atom stereocenters. The van der Waals surface area contributed by atoms with E-state index in [2.05, 4.69) is 9.46 Å². The number of ether oxygens (including phenoxy) is 1. The van der Waals surface area contributed by atoms with Gasteiger partial charge >= 0.3 is 5.97 Å². The molecule has 0 aromatic carbocycles. The minimum Gasteiger partial charge on any atom is -0.466 e. The van der Waals surface area contributed by atoms with Gasteiger partial charge in [-0.2, -0.15) is 12.7 Å². The summed E-state index contributed by atoms with van der Waals surface area (Å²) in [4.78, 5) is 11.0. The van der Waals surface area contributed by atoms with Gasteiger partial charge in [-0.05, 0) is 6.92 Å². The Morgan fingerprint density at radius 2 is 2.00 bits per heavy atom. The first-order chi connectivity index (χ1) is 6.94. The normalized spacial score (nSPS) is 11.7. The number of nitrogens with one attached hydrogen (secondary N) is 1. The Bertz CT molecular complexity index is 289. The van der Waals surface area contributed by atoms with Crippen LogP contribution in [0, 0.1) is 0 Å². The molecular formula is C8H18N2O4S. The summed E-state index contributed by atoms with van der Waals surface area (Å²) in [6, 6.07) is 0. The van der Waals surface area contributed by atoms with Gasteiger partial charge in [-0.3, -0.25) is 4.79 Å². The lowest BCUT2D eigenvalue weighted by molar-refractivity contribution is -0.143. The number of hydrogen-bond acceptors (Lipinski definition) is 4. The van der Waals surface area contributed by atoms with Gasteiger partial charge in [0.05, 0.1) is 13.0 Å². The molecule has 0 amide bonds. The molecule has 0 bridgehead atoms. The van der Waals surface area contributed by atoms with E-state index < -0.39 is 16.2 Å². The van der Waals surface area contributed by atoms with Gasteiger partial charge in [-0.1, -0.05) is 6.92 Å².